The van der Waals surface area contributed by atoms with Crippen molar-refractivity contribution in [2.24, 2.45) is 10.8 Å². The van der Waals surface area contributed by atoms with Crippen molar-refractivity contribution in [2.75, 3.05) is 7.11 Å². The van der Waals surface area contributed by atoms with Gasteiger partial charge in [-0.25, -0.2) is 0 Å². The number of hydrogen-bond acceptors (Lipinski definition) is 5. The van der Waals surface area contributed by atoms with Crippen LogP contribution in [0.25, 0.3) is 0 Å². The Morgan fingerprint density at radius 1 is 1.30 bits per heavy atom. The van der Waals surface area contributed by atoms with Crippen LogP contribution in [0.5, 0.6) is 0 Å². The van der Waals surface area contributed by atoms with Crippen molar-refractivity contribution in [1.29, 1.82) is 0 Å². The normalized spacial score (nSPS) is 13.7. The van der Waals surface area contributed by atoms with Gasteiger partial charge in [-0.05, 0) is 30.4 Å². The topological polar surface area (TPSA) is 90.7 Å². The fourth-order valence-electron chi connectivity index (χ4n) is 3.22. The van der Waals surface area contributed by atoms with Crippen LogP contribution in [0, 0.1) is 20.9 Å². The molecule has 152 valence electrons. The zero-order valence-electron chi connectivity index (χ0n) is 17.2. The summed E-state index contributed by atoms with van der Waals surface area (Å²) in [6.45, 7) is 12.2. The first-order valence-electron chi connectivity index (χ1n) is 8.86. The molecule has 0 bridgehead atoms. The van der Waals surface area contributed by atoms with Gasteiger partial charge in [-0.2, -0.15) is 0 Å². The summed E-state index contributed by atoms with van der Waals surface area (Å²) in [7, 11) is 1.30. The van der Waals surface area contributed by atoms with Crippen LogP contribution >= 0.6 is 9.03 Å². The maximum absolute atomic E-state index is 12.6. The molecule has 0 spiro atoms. The number of nitrogens with zero attached hydrogens (tertiary/aromatic N) is 1. The summed E-state index contributed by atoms with van der Waals surface area (Å²) in [6, 6.07) is 4.82. The molecule has 1 aromatic rings. The van der Waals surface area contributed by atoms with Crippen molar-refractivity contribution in [3.63, 3.8) is 0 Å². The van der Waals surface area contributed by atoms with Gasteiger partial charge in [0.25, 0.3) is 5.69 Å². The molecule has 0 heterocycles. The van der Waals surface area contributed by atoms with Crippen LogP contribution in [-0.4, -0.2) is 17.9 Å². The summed E-state index contributed by atoms with van der Waals surface area (Å²) >= 11 is 0. The van der Waals surface area contributed by atoms with E-state index in [9.17, 15) is 14.9 Å². The van der Waals surface area contributed by atoms with Crippen molar-refractivity contribution in [3.8, 4) is 0 Å². The van der Waals surface area contributed by atoms with Crippen LogP contribution < -0.4 is 5.32 Å². The minimum absolute atomic E-state index is 0.00783. The van der Waals surface area contributed by atoms with Gasteiger partial charge in [0.05, 0.1) is 16.6 Å². The molecule has 0 aliphatic heterocycles. The van der Waals surface area contributed by atoms with Crippen LogP contribution in [0.15, 0.2) is 18.2 Å². The zero-order valence-corrected chi connectivity index (χ0v) is 18.2. The molecule has 7 nitrogen and oxygen atoms in total. The lowest BCUT2D eigenvalue weighted by atomic mass is 9.75. The summed E-state index contributed by atoms with van der Waals surface area (Å²) in [4.78, 5) is 23.5. The Balaban J connectivity index is 2.92. The number of carbonyl (C=O) groups excluding carboxylic acids is 1. The SMILES string of the molecule is COPOC(C)c1cc(CNC(=O)C(C)(C)CC(C)(C)C)ccc1[N+](=O)[O-]. The van der Waals surface area contributed by atoms with Crippen LogP contribution in [0.3, 0.4) is 0 Å². The molecule has 1 N–H and O–H groups in total. The fraction of sp³-hybridized carbons (Fsp3) is 0.632. The third-order valence-corrected chi connectivity index (χ3v) is 4.69. The molecule has 0 saturated heterocycles. The van der Waals surface area contributed by atoms with E-state index in [0.717, 1.165) is 12.0 Å². The van der Waals surface area contributed by atoms with Gasteiger partial charge in [-0.1, -0.05) is 40.7 Å². The number of rotatable bonds is 9. The number of nitro groups is 1. The molecule has 2 unspecified atom stereocenters. The predicted octanol–water partition coefficient (Wildman–Crippen LogP) is 4.91. The molecule has 0 aliphatic rings. The maximum atomic E-state index is 12.6. The van der Waals surface area contributed by atoms with Gasteiger partial charge in [0.1, 0.15) is 0 Å². The van der Waals surface area contributed by atoms with Gasteiger partial charge in [0.15, 0.2) is 9.03 Å². The Morgan fingerprint density at radius 3 is 2.44 bits per heavy atom. The summed E-state index contributed by atoms with van der Waals surface area (Å²) in [5.41, 5.74) is 0.775. The summed E-state index contributed by atoms with van der Waals surface area (Å²) in [5, 5.41) is 14.2. The molecule has 1 amide bonds. The van der Waals surface area contributed by atoms with Gasteiger partial charge < -0.3 is 14.4 Å². The number of carbonyl (C=O) groups is 1. The summed E-state index contributed by atoms with van der Waals surface area (Å²) in [6.07, 6.45) is 0.261. The van der Waals surface area contributed by atoms with Crippen LogP contribution in [0.2, 0.25) is 0 Å². The van der Waals surface area contributed by atoms with Crippen molar-refractivity contribution in [1.82, 2.24) is 5.32 Å². The standard InChI is InChI=1S/C19H31N2O5P/c1-13(26-27-25-7)15-10-14(8-9-16(15)21(23)24)11-20-17(22)19(5,6)12-18(2,3)4/h8-10,13,27H,11-12H2,1-7H3,(H,20,22). The first kappa shape index (κ1) is 23.5. The first-order chi connectivity index (χ1) is 12.4. The number of nitrogens with one attached hydrogen (secondary N) is 1. The highest BCUT2D eigenvalue weighted by molar-refractivity contribution is 7.26. The van der Waals surface area contributed by atoms with Gasteiger partial charge >= 0.3 is 0 Å². The monoisotopic (exact) mass is 398 g/mol. The molecule has 1 rings (SSSR count). The molecule has 0 saturated carbocycles. The summed E-state index contributed by atoms with van der Waals surface area (Å²) in [5.74, 6) is -0.0394. The number of hydrogen-bond donors (Lipinski definition) is 1. The van der Waals surface area contributed by atoms with Gasteiger partial charge in [-0.3, -0.25) is 14.9 Å². The second-order valence-corrected chi connectivity index (χ2v) is 9.31. The average molecular weight is 398 g/mol. The average Bonchev–Trinajstić information content (AvgIpc) is 2.54. The van der Waals surface area contributed by atoms with E-state index in [1.165, 1.54) is 13.2 Å². The van der Waals surface area contributed by atoms with Crippen molar-refractivity contribution in [3.05, 3.63) is 39.4 Å². The van der Waals surface area contributed by atoms with E-state index in [1.54, 1.807) is 19.1 Å². The van der Waals surface area contributed by atoms with Crippen LogP contribution in [0.1, 0.15) is 65.2 Å². The number of amides is 1. The fourth-order valence-corrected chi connectivity index (χ4v) is 3.58. The molecule has 2 atom stereocenters. The van der Waals surface area contributed by atoms with E-state index in [-0.39, 0.29) is 26.0 Å². The minimum Gasteiger partial charge on any atom is -0.352 e. The Kier molecular flexibility index (Phi) is 8.33. The maximum Gasteiger partial charge on any atom is 0.275 e. The molecule has 27 heavy (non-hydrogen) atoms. The van der Waals surface area contributed by atoms with Crippen LogP contribution in [-0.2, 0) is 20.4 Å². The Morgan fingerprint density at radius 2 is 1.93 bits per heavy atom. The van der Waals surface area contributed by atoms with E-state index >= 15 is 0 Å². The van der Waals surface area contributed by atoms with Gasteiger partial charge in [0, 0.05) is 25.1 Å². The second kappa shape index (κ2) is 9.58. The minimum atomic E-state index is -0.502. The Hall–Kier alpha value is -1.56. The molecule has 0 fully saturated rings. The molecule has 1 aromatic carbocycles. The van der Waals surface area contributed by atoms with E-state index in [1.807, 2.05) is 13.8 Å². The Labute approximate surface area is 163 Å². The van der Waals surface area contributed by atoms with Crippen LogP contribution in [0.4, 0.5) is 5.69 Å². The quantitative estimate of drug-likeness (QED) is 0.363. The zero-order chi connectivity index (χ0) is 20.8. The highest BCUT2D eigenvalue weighted by Gasteiger charge is 2.32. The predicted molar refractivity (Wildman–Crippen MR) is 108 cm³/mol. The second-order valence-electron chi connectivity index (χ2n) is 8.50. The highest BCUT2D eigenvalue weighted by Crippen LogP contribution is 2.34. The highest BCUT2D eigenvalue weighted by atomic mass is 31.1. The van der Waals surface area contributed by atoms with Gasteiger partial charge in [-0.15, -0.1) is 0 Å². The lowest BCUT2D eigenvalue weighted by Crippen LogP contribution is -2.38. The molecular weight excluding hydrogens is 367 g/mol. The molecule has 8 heteroatoms. The molecule has 0 aromatic heterocycles. The molecular formula is C19H31N2O5P. The molecule has 0 aliphatic carbocycles. The van der Waals surface area contributed by atoms with Crippen molar-refractivity contribution >= 4 is 20.6 Å². The Bertz CT molecular complexity index is 671. The lowest BCUT2D eigenvalue weighted by Gasteiger charge is -2.31. The number of benzene rings is 1. The molecule has 0 radical (unpaired) electrons. The first-order valence-corrected chi connectivity index (χ1v) is 9.68. The van der Waals surface area contributed by atoms with E-state index < -0.39 is 16.4 Å². The van der Waals surface area contributed by atoms with Crippen molar-refractivity contribution < 1.29 is 18.8 Å². The third kappa shape index (κ3) is 7.53. The number of nitro benzene ring substituents is 1. The lowest BCUT2D eigenvalue weighted by molar-refractivity contribution is -0.386. The van der Waals surface area contributed by atoms with E-state index in [0.29, 0.717) is 12.1 Å². The summed E-state index contributed by atoms with van der Waals surface area (Å²) < 4.78 is 10.4. The third-order valence-electron chi connectivity index (χ3n) is 4.07. The van der Waals surface area contributed by atoms with E-state index in [4.69, 9.17) is 9.05 Å². The largest absolute Gasteiger partial charge is 0.352 e. The smallest absolute Gasteiger partial charge is 0.275 e. The van der Waals surface area contributed by atoms with Crippen molar-refractivity contribution in [2.45, 2.75) is 60.6 Å². The van der Waals surface area contributed by atoms with Gasteiger partial charge in [0.2, 0.25) is 5.91 Å². The van der Waals surface area contributed by atoms with E-state index in [2.05, 4.69) is 26.1 Å².